The standard InChI is InChI=1S/C6H7F3O2/c7-6(8,9)4-1-3(2-4)5(10)11/h3-4H,1-2H2,(H,10,11)/t3-,4+. The molecule has 0 atom stereocenters. The van der Waals surface area contributed by atoms with Gasteiger partial charge in [-0.25, -0.2) is 0 Å². The summed E-state index contributed by atoms with van der Waals surface area (Å²) in [6.45, 7) is 0. The lowest BCUT2D eigenvalue weighted by Crippen LogP contribution is -2.39. The molecule has 1 fully saturated rings. The van der Waals surface area contributed by atoms with Crippen LogP contribution in [0.3, 0.4) is 0 Å². The van der Waals surface area contributed by atoms with E-state index in [2.05, 4.69) is 0 Å². The summed E-state index contributed by atoms with van der Waals surface area (Å²) in [4.78, 5) is 10.1. The summed E-state index contributed by atoms with van der Waals surface area (Å²) < 4.78 is 35.2. The van der Waals surface area contributed by atoms with E-state index < -0.39 is 24.0 Å². The summed E-state index contributed by atoms with van der Waals surface area (Å²) in [7, 11) is 0. The summed E-state index contributed by atoms with van der Waals surface area (Å²) in [6.07, 6.45) is -4.70. The van der Waals surface area contributed by atoms with Crippen LogP contribution < -0.4 is 0 Å². The highest BCUT2D eigenvalue weighted by Crippen LogP contribution is 2.44. The van der Waals surface area contributed by atoms with Gasteiger partial charge in [-0.2, -0.15) is 13.2 Å². The zero-order chi connectivity index (χ0) is 8.65. The maximum atomic E-state index is 11.7. The van der Waals surface area contributed by atoms with Crippen molar-refractivity contribution in [1.82, 2.24) is 0 Å². The number of aliphatic carboxylic acids is 1. The van der Waals surface area contributed by atoms with Crippen LogP contribution in [-0.4, -0.2) is 17.3 Å². The molecule has 0 heterocycles. The number of hydrogen-bond acceptors (Lipinski definition) is 1. The highest BCUT2D eigenvalue weighted by molar-refractivity contribution is 5.71. The Bertz CT molecular complexity index is 169. The maximum Gasteiger partial charge on any atom is 0.391 e. The van der Waals surface area contributed by atoms with Gasteiger partial charge in [0.2, 0.25) is 0 Å². The van der Waals surface area contributed by atoms with Gasteiger partial charge in [0.05, 0.1) is 11.8 Å². The van der Waals surface area contributed by atoms with E-state index in [1.165, 1.54) is 0 Å². The van der Waals surface area contributed by atoms with E-state index in [1.54, 1.807) is 0 Å². The molecule has 0 aromatic rings. The van der Waals surface area contributed by atoms with Crippen molar-refractivity contribution in [2.24, 2.45) is 11.8 Å². The zero-order valence-electron chi connectivity index (χ0n) is 5.56. The molecular formula is C6H7F3O2. The SMILES string of the molecule is O=C(O)[C@H]1C[C@@H](C(F)(F)F)C1. The van der Waals surface area contributed by atoms with Crippen LogP contribution in [0.25, 0.3) is 0 Å². The molecule has 1 saturated carbocycles. The molecule has 0 aromatic carbocycles. The average molecular weight is 168 g/mol. The predicted octanol–water partition coefficient (Wildman–Crippen LogP) is 1.66. The van der Waals surface area contributed by atoms with Gasteiger partial charge in [0.15, 0.2) is 0 Å². The second kappa shape index (κ2) is 2.39. The molecule has 1 aliphatic carbocycles. The van der Waals surface area contributed by atoms with Gasteiger partial charge in [-0.3, -0.25) is 4.79 Å². The molecular weight excluding hydrogens is 161 g/mol. The fraction of sp³-hybridized carbons (Fsp3) is 0.833. The number of alkyl halides is 3. The Labute approximate surface area is 61.0 Å². The Hall–Kier alpha value is -0.740. The van der Waals surface area contributed by atoms with Gasteiger partial charge >= 0.3 is 12.1 Å². The van der Waals surface area contributed by atoms with Crippen molar-refractivity contribution in [1.29, 1.82) is 0 Å². The van der Waals surface area contributed by atoms with Crippen LogP contribution in [0.2, 0.25) is 0 Å². The first kappa shape index (κ1) is 8.36. The van der Waals surface area contributed by atoms with Crippen LogP contribution in [0.15, 0.2) is 0 Å². The summed E-state index contributed by atoms with van der Waals surface area (Å²) in [5.74, 6) is -3.28. The number of carbonyl (C=O) groups is 1. The molecule has 0 saturated heterocycles. The van der Waals surface area contributed by atoms with Gasteiger partial charge in [-0.15, -0.1) is 0 Å². The highest BCUT2D eigenvalue weighted by atomic mass is 19.4. The third kappa shape index (κ3) is 1.64. The van der Waals surface area contributed by atoms with Crippen LogP contribution in [0.4, 0.5) is 13.2 Å². The number of carboxylic acid groups (broad SMARTS) is 1. The summed E-state index contributed by atoms with van der Waals surface area (Å²) in [5.41, 5.74) is 0. The molecule has 0 radical (unpaired) electrons. The predicted molar refractivity (Wildman–Crippen MR) is 29.9 cm³/mol. The second-order valence-corrected chi connectivity index (χ2v) is 2.75. The van der Waals surface area contributed by atoms with Crippen molar-refractivity contribution >= 4 is 5.97 Å². The number of halogens is 3. The summed E-state index contributed by atoms with van der Waals surface area (Å²) >= 11 is 0. The van der Waals surface area contributed by atoms with E-state index >= 15 is 0 Å². The molecule has 0 aliphatic heterocycles. The second-order valence-electron chi connectivity index (χ2n) is 2.75. The highest BCUT2D eigenvalue weighted by Gasteiger charge is 2.49. The van der Waals surface area contributed by atoms with Gasteiger partial charge in [0, 0.05) is 0 Å². The van der Waals surface area contributed by atoms with Crippen LogP contribution in [0.5, 0.6) is 0 Å². The Morgan fingerprint density at radius 2 is 1.82 bits per heavy atom. The Kier molecular flexibility index (Phi) is 1.82. The first-order valence-corrected chi connectivity index (χ1v) is 3.21. The minimum Gasteiger partial charge on any atom is -0.481 e. The summed E-state index contributed by atoms with van der Waals surface area (Å²) in [5, 5.41) is 8.25. The van der Waals surface area contributed by atoms with E-state index in [4.69, 9.17) is 5.11 Å². The Morgan fingerprint density at radius 3 is 2.09 bits per heavy atom. The Balaban J connectivity index is 2.35. The third-order valence-corrected chi connectivity index (χ3v) is 1.95. The topological polar surface area (TPSA) is 37.3 Å². The molecule has 1 aliphatic rings. The summed E-state index contributed by atoms with van der Waals surface area (Å²) in [6, 6.07) is 0. The molecule has 0 spiro atoms. The van der Waals surface area contributed by atoms with Gasteiger partial charge in [-0.05, 0) is 12.8 Å². The lowest BCUT2D eigenvalue weighted by atomic mass is 9.74. The van der Waals surface area contributed by atoms with Crippen LogP contribution >= 0.6 is 0 Å². The molecule has 0 amide bonds. The van der Waals surface area contributed by atoms with Gasteiger partial charge in [-0.1, -0.05) is 0 Å². The molecule has 0 aromatic heterocycles. The first-order valence-electron chi connectivity index (χ1n) is 3.21. The lowest BCUT2D eigenvalue weighted by Gasteiger charge is -2.33. The molecule has 64 valence electrons. The fourth-order valence-electron chi connectivity index (χ4n) is 1.09. The van der Waals surface area contributed by atoms with Crippen LogP contribution in [0.1, 0.15) is 12.8 Å². The molecule has 0 unspecified atom stereocenters. The number of carboxylic acids is 1. The molecule has 0 bridgehead atoms. The number of hydrogen-bond donors (Lipinski definition) is 1. The Morgan fingerprint density at radius 1 is 1.36 bits per heavy atom. The quantitative estimate of drug-likeness (QED) is 0.646. The van der Waals surface area contributed by atoms with Crippen molar-refractivity contribution in [3.05, 3.63) is 0 Å². The maximum absolute atomic E-state index is 11.7. The van der Waals surface area contributed by atoms with Crippen molar-refractivity contribution in [3.8, 4) is 0 Å². The monoisotopic (exact) mass is 168 g/mol. The van der Waals surface area contributed by atoms with E-state index in [0.717, 1.165) is 0 Å². The fourth-order valence-corrected chi connectivity index (χ4v) is 1.09. The lowest BCUT2D eigenvalue weighted by molar-refractivity contribution is -0.207. The molecule has 1 rings (SSSR count). The molecule has 5 heteroatoms. The minimum absolute atomic E-state index is 0.251. The third-order valence-electron chi connectivity index (χ3n) is 1.95. The molecule has 11 heavy (non-hydrogen) atoms. The largest absolute Gasteiger partial charge is 0.481 e. The van der Waals surface area contributed by atoms with E-state index in [-0.39, 0.29) is 12.8 Å². The minimum atomic E-state index is -4.20. The first-order chi connectivity index (χ1) is 4.91. The normalized spacial score (nSPS) is 31.2. The average Bonchev–Trinajstić information content (AvgIpc) is 1.51. The van der Waals surface area contributed by atoms with Gasteiger partial charge < -0.3 is 5.11 Å². The van der Waals surface area contributed by atoms with Crippen LogP contribution in [-0.2, 0) is 4.79 Å². The number of rotatable bonds is 1. The van der Waals surface area contributed by atoms with E-state index in [9.17, 15) is 18.0 Å². The van der Waals surface area contributed by atoms with Crippen molar-refractivity contribution in [3.63, 3.8) is 0 Å². The van der Waals surface area contributed by atoms with Crippen molar-refractivity contribution in [2.75, 3.05) is 0 Å². The smallest absolute Gasteiger partial charge is 0.391 e. The van der Waals surface area contributed by atoms with Crippen molar-refractivity contribution in [2.45, 2.75) is 19.0 Å². The molecule has 1 N–H and O–H groups in total. The molecule has 2 nitrogen and oxygen atoms in total. The van der Waals surface area contributed by atoms with Crippen LogP contribution in [0, 0.1) is 11.8 Å². The van der Waals surface area contributed by atoms with E-state index in [1.807, 2.05) is 0 Å². The van der Waals surface area contributed by atoms with Gasteiger partial charge in [0.1, 0.15) is 0 Å². The van der Waals surface area contributed by atoms with E-state index in [0.29, 0.717) is 0 Å². The van der Waals surface area contributed by atoms with Crippen molar-refractivity contribution < 1.29 is 23.1 Å². The zero-order valence-corrected chi connectivity index (χ0v) is 5.56. The van der Waals surface area contributed by atoms with Gasteiger partial charge in [0.25, 0.3) is 0 Å².